The van der Waals surface area contributed by atoms with Crippen LogP contribution < -0.4 is 15.4 Å². The van der Waals surface area contributed by atoms with Gasteiger partial charge in [0, 0.05) is 32.1 Å². The highest BCUT2D eigenvalue weighted by Crippen LogP contribution is 2.39. The lowest BCUT2D eigenvalue weighted by molar-refractivity contribution is -0.139. The van der Waals surface area contributed by atoms with Gasteiger partial charge in [-0.25, -0.2) is 9.59 Å². The lowest BCUT2D eigenvalue weighted by atomic mass is 9.76. The minimum absolute atomic E-state index is 0.0138. The third kappa shape index (κ3) is 8.19. The Hall–Kier alpha value is -3.79. The second-order valence-electron chi connectivity index (χ2n) is 12.6. The third-order valence-corrected chi connectivity index (χ3v) is 8.29. The van der Waals surface area contributed by atoms with E-state index in [1.54, 1.807) is 0 Å². The van der Waals surface area contributed by atoms with Crippen LogP contribution in [0.3, 0.4) is 0 Å². The average Bonchev–Trinajstić information content (AvgIpc) is 2.99. The zero-order chi connectivity index (χ0) is 30.4. The van der Waals surface area contributed by atoms with E-state index < -0.39 is 11.7 Å². The number of hydrogen-bond acceptors (Lipinski definition) is 6. The number of carbonyl (C=O) groups is 3. The van der Waals surface area contributed by atoms with Gasteiger partial charge in [-0.05, 0) is 69.2 Å². The number of morpholine rings is 1. The van der Waals surface area contributed by atoms with Gasteiger partial charge in [0.1, 0.15) is 24.6 Å². The van der Waals surface area contributed by atoms with Crippen molar-refractivity contribution in [3.05, 3.63) is 65.7 Å². The largest absolute Gasteiger partial charge is 0.492 e. The van der Waals surface area contributed by atoms with Gasteiger partial charge >= 0.3 is 12.1 Å². The molecule has 3 heterocycles. The van der Waals surface area contributed by atoms with Crippen molar-refractivity contribution in [2.24, 2.45) is 5.92 Å². The molecule has 0 aromatic heterocycles. The molecule has 43 heavy (non-hydrogen) atoms. The van der Waals surface area contributed by atoms with Gasteiger partial charge in [0.2, 0.25) is 5.91 Å². The van der Waals surface area contributed by atoms with E-state index in [4.69, 9.17) is 14.2 Å². The fourth-order valence-electron chi connectivity index (χ4n) is 6.33. The summed E-state index contributed by atoms with van der Waals surface area (Å²) >= 11 is 0. The molecule has 5 rings (SSSR count). The lowest BCUT2D eigenvalue weighted by Crippen LogP contribution is -2.62. The maximum Gasteiger partial charge on any atom is 0.407 e. The molecule has 232 valence electrons. The van der Waals surface area contributed by atoms with E-state index in [0.717, 1.165) is 25.0 Å². The normalized spacial score (nSPS) is 21.8. The monoisotopic (exact) mass is 592 g/mol. The molecule has 0 saturated carbocycles. The summed E-state index contributed by atoms with van der Waals surface area (Å²) in [5, 5.41) is 5.72. The van der Waals surface area contributed by atoms with Crippen molar-refractivity contribution >= 4 is 18.0 Å². The number of benzene rings is 2. The Bertz CT molecular complexity index is 1260. The summed E-state index contributed by atoms with van der Waals surface area (Å²) in [4.78, 5) is 41.0. The highest BCUT2D eigenvalue weighted by molar-refractivity contribution is 5.79. The number of amides is 4. The predicted molar refractivity (Wildman–Crippen MR) is 162 cm³/mol. The zero-order valence-corrected chi connectivity index (χ0v) is 25.4. The summed E-state index contributed by atoms with van der Waals surface area (Å²) < 4.78 is 16.9. The number of hydrogen-bond donors (Lipinski definition) is 2. The van der Waals surface area contributed by atoms with E-state index in [2.05, 4.69) is 47.0 Å². The summed E-state index contributed by atoms with van der Waals surface area (Å²) in [6.45, 7) is 8.76. The van der Waals surface area contributed by atoms with Gasteiger partial charge < -0.3 is 34.6 Å². The molecular formula is C33H44N4O6. The Labute approximate surface area is 254 Å². The molecule has 0 radical (unpaired) electrons. The number of fused-ring (bicyclic) bond motifs is 1. The molecule has 0 spiro atoms. The average molecular weight is 593 g/mol. The van der Waals surface area contributed by atoms with Gasteiger partial charge in [-0.15, -0.1) is 0 Å². The summed E-state index contributed by atoms with van der Waals surface area (Å²) in [6, 6.07) is 18.6. The van der Waals surface area contributed by atoms with Gasteiger partial charge in [0.25, 0.3) is 0 Å². The minimum Gasteiger partial charge on any atom is -0.492 e. The third-order valence-electron chi connectivity index (χ3n) is 8.29. The van der Waals surface area contributed by atoms with Crippen molar-refractivity contribution in [2.75, 3.05) is 45.9 Å². The number of piperidine rings is 2. The van der Waals surface area contributed by atoms with Crippen molar-refractivity contribution in [1.29, 1.82) is 0 Å². The SMILES string of the molecule is CC(C)(C)OC(=O)NCCOc1cccc([C@@H](c2ccccc2)C2CCN(C(=O)N3CC[C@@H]4OCC(=O)N[C@@H]4C3)CC2)c1. The molecule has 2 aromatic carbocycles. The van der Waals surface area contributed by atoms with E-state index in [-0.39, 0.29) is 36.6 Å². The van der Waals surface area contributed by atoms with Crippen molar-refractivity contribution in [3.63, 3.8) is 0 Å². The van der Waals surface area contributed by atoms with Crippen LogP contribution in [0.15, 0.2) is 54.6 Å². The number of likely N-dealkylation sites (tertiary alicyclic amines) is 2. The Kier molecular flexibility index (Phi) is 9.75. The molecule has 0 bridgehead atoms. The van der Waals surface area contributed by atoms with Crippen LogP contribution in [0.2, 0.25) is 0 Å². The maximum atomic E-state index is 13.5. The van der Waals surface area contributed by atoms with Gasteiger partial charge in [-0.3, -0.25) is 4.79 Å². The first-order valence-corrected chi connectivity index (χ1v) is 15.4. The molecule has 2 N–H and O–H groups in total. The highest BCUT2D eigenvalue weighted by atomic mass is 16.6. The number of rotatable bonds is 7. The first kappa shape index (κ1) is 30.7. The molecule has 10 nitrogen and oxygen atoms in total. The number of nitrogens with zero attached hydrogens (tertiary/aromatic N) is 2. The van der Waals surface area contributed by atoms with Gasteiger partial charge in [-0.1, -0.05) is 42.5 Å². The molecule has 10 heteroatoms. The van der Waals surface area contributed by atoms with E-state index >= 15 is 0 Å². The van der Waals surface area contributed by atoms with E-state index in [1.807, 2.05) is 48.8 Å². The lowest BCUT2D eigenvalue weighted by Gasteiger charge is -2.44. The van der Waals surface area contributed by atoms with Crippen LogP contribution in [0, 0.1) is 5.92 Å². The predicted octanol–water partition coefficient (Wildman–Crippen LogP) is 4.14. The Morgan fingerprint density at radius 3 is 2.47 bits per heavy atom. The van der Waals surface area contributed by atoms with Crippen LogP contribution >= 0.6 is 0 Å². The standard InChI is InChI=1S/C33H44N4O6/c1-33(2,3)43-31(39)34-15-19-41-26-11-7-10-25(20-26)30(23-8-5-4-6-9-23)24-12-16-36(17-13-24)32(40)37-18-14-28-27(21-37)35-29(38)22-42-28/h4-11,20,24,27-28,30H,12-19,21-22H2,1-3H3,(H,34,39)(H,35,38)/t27-,28+,30+/m1/s1. The second-order valence-corrected chi connectivity index (χ2v) is 12.6. The minimum atomic E-state index is -0.546. The number of nitrogens with one attached hydrogen (secondary N) is 2. The smallest absolute Gasteiger partial charge is 0.407 e. The molecule has 0 aliphatic carbocycles. The van der Waals surface area contributed by atoms with Gasteiger partial charge in [0.15, 0.2) is 0 Å². The van der Waals surface area contributed by atoms with Crippen molar-refractivity contribution in [1.82, 2.24) is 20.4 Å². The van der Waals surface area contributed by atoms with Crippen LogP contribution in [0.25, 0.3) is 0 Å². The topological polar surface area (TPSA) is 109 Å². The molecule has 3 fully saturated rings. The molecule has 3 aliphatic heterocycles. The van der Waals surface area contributed by atoms with Crippen molar-refractivity contribution in [3.8, 4) is 5.75 Å². The quantitative estimate of drug-likeness (QED) is 0.468. The summed E-state index contributed by atoms with van der Waals surface area (Å²) in [5.41, 5.74) is 1.87. The van der Waals surface area contributed by atoms with Gasteiger partial charge in [0.05, 0.1) is 18.7 Å². The van der Waals surface area contributed by atoms with E-state index in [9.17, 15) is 14.4 Å². The van der Waals surface area contributed by atoms with Crippen molar-refractivity contribution in [2.45, 2.75) is 63.7 Å². The van der Waals surface area contributed by atoms with Crippen LogP contribution in [0.4, 0.5) is 9.59 Å². The number of carbonyl (C=O) groups excluding carboxylic acids is 3. The molecular weight excluding hydrogens is 548 g/mol. The molecule has 2 aromatic rings. The molecule has 3 aliphatic rings. The summed E-state index contributed by atoms with van der Waals surface area (Å²) in [6.07, 6.45) is 2.03. The number of alkyl carbamates (subject to hydrolysis) is 1. The van der Waals surface area contributed by atoms with Crippen LogP contribution in [-0.2, 0) is 14.3 Å². The summed E-state index contributed by atoms with van der Waals surface area (Å²) in [5.74, 6) is 1.15. The van der Waals surface area contributed by atoms with Gasteiger partial charge in [-0.2, -0.15) is 0 Å². The Balaban J connectivity index is 1.19. The van der Waals surface area contributed by atoms with E-state index in [1.165, 1.54) is 11.1 Å². The molecule has 3 saturated heterocycles. The maximum absolute atomic E-state index is 13.5. The zero-order valence-electron chi connectivity index (χ0n) is 25.4. The first-order valence-electron chi connectivity index (χ1n) is 15.4. The molecule has 4 amide bonds. The molecule has 0 unspecified atom stereocenters. The molecule has 3 atom stereocenters. The fraction of sp³-hybridized carbons (Fsp3) is 0.545. The van der Waals surface area contributed by atoms with Crippen molar-refractivity contribution < 1.29 is 28.6 Å². The van der Waals surface area contributed by atoms with E-state index in [0.29, 0.717) is 45.2 Å². The number of ether oxygens (including phenoxy) is 3. The highest BCUT2D eigenvalue weighted by Gasteiger charge is 2.38. The Morgan fingerprint density at radius 2 is 1.72 bits per heavy atom. The summed E-state index contributed by atoms with van der Waals surface area (Å²) in [7, 11) is 0. The second kappa shape index (κ2) is 13.7. The number of urea groups is 1. The van der Waals surface area contributed by atoms with Crippen LogP contribution in [0.1, 0.15) is 57.1 Å². The fourth-order valence-corrected chi connectivity index (χ4v) is 6.33. The van der Waals surface area contributed by atoms with Crippen LogP contribution in [0.5, 0.6) is 5.75 Å². The van der Waals surface area contributed by atoms with Crippen LogP contribution in [-0.4, -0.2) is 91.5 Å². The first-order chi connectivity index (χ1) is 20.7. The Morgan fingerprint density at radius 1 is 1.00 bits per heavy atom.